The van der Waals surface area contributed by atoms with Crippen molar-refractivity contribution in [2.24, 2.45) is 0 Å². The zero-order valence-corrected chi connectivity index (χ0v) is 11.2. The quantitative estimate of drug-likeness (QED) is 0.831. The van der Waals surface area contributed by atoms with Crippen LogP contribution in [0, 0.1) is 0 Å². The number of fused-ring (bicyclic) bond motifs is 1. The standard InChI is InChI=1S/C14H18N2OS/c17-14-13-4-2-1-3-11(13)9-16(14)8-7-15-6-5-12(18)10-15/h1-4,9,12,17-18H,5-8,10H2/t12-/m0/s1. The molecule has 1 atom stereocenters. The first-order chi connectivity index (χ1) is 8.74. The van der Waals surface area contributed by atoms with Gasteiger partial charge in [-0.2, -0.15) is 12.6 Å². The van der Waals surface area contributed by atoms with Crippen molar-refractivity contribution in [3.63, 3.8) is 0 Å². The molecular weight excluding hydrogens is 244 g/mol. The van der Waals surface area contributed by atoms with Gasteiger partial charge in [-0.1, -0.05) is 18.2 Å². The summed E-state index contributed by atoms with van der Waals surface area (Å²) in [7, 11) is 0. The van der Waals surface area contributed by atoms with Gasteiger partial charge in [-0.3, -0.25) is 0 Å². The summed E-state index contributed by atoms with van der Waals surface area (Å²) in [5, 5.41) is 12.7. The molecule has 18 heavy (non-hydrogen) atoms. The van der Waals surface area contributed by atoms with Gasteiger partial charge in [0.05, 0.1) is 0 Å². The van der Waals surface area contributed by atoms with E-state index in [-0.39, 0.29) is 0 Å². The lowest BCUT2D eigenvalue weighted by molar-refractivity contribution is 0.312. The highest BCUT2D eigenvalue weighted by molar-refractivity contribution is 7.81. The van der Waals surface area contributed by atoms with Gasteiger partial charge in [0.25, 0.3) is 0 Å². The molecule has 0 spiro atoms. The van der Waals surface area contributed by atoms with E-state index in [1.807, 2.05) is 35.0 Å². The fraction of sp³-hybridized carbons (Fsp3) is 0.429. The molecule has 0 bridgehead atoms. The number of likely N-dealkylation sites (tertiary alicyclic amines) is 1. The van der Waals surface area contributed by atoms with Crippen LogP contribution < -0.4 is 0 Å². The third kappa shape index (κ3) is 2.22. The van der Waals surface area contributed by atoms with Gasteiger partial charge in [0.15, 0.2) is 5.88 Å². The molecule has 0 amide bonds. The van der Waals surface area contributed by atoms with E-state index in [1.165, 1.54) is 6.42 Å². The second kappa shape index (κ2) is 4.86. The van der Waals surface area contributed by atoms with Crippen LogP contribution in [0.5, 0.6) is 5.88 Å². The molecule has 2 aromatic rings. The molecule has 1 aromatic carbocycles. The molecule has 1 aromatic heterocycles. The van der Waals surface area contributed by atoms with E-state index in [2.05, 4.69) is 17.5 Å². The predicted molar refractivity (Wildman–Crippen MR) is 77.4 cm³/mol. The summed E-state index contributed by atoms with van der Waals surface area (Å²) in [5.74, 6) is 0.382. The highest BCUT2D eigenvalue weighted by Crippen LogP contribution is 2.26. The van der Waals surface area contributed by atoms with E-state index in [4.69, 9.17) is 0 Å². The van der Waals surface area contributed by atoms with Gasteiger partial charge in [-0.15, -0.1) is 0 Å². The summed E-state index contributed by atoms with van der Waals surface area (Å²) >= 11 is 4.50. The van der Waals surface area contributed by atoms with Gasteiger partial charge in [0.1, 0.15) is 0 Å². The van der Waals surface area contributed by atoms with Crippen LogP contribution in [0.25, 0.3) is 10.8 Å². The summed E-state index contributed by atoms with van der Waals surface area (Å²) < 4.78 is 1.94. The molecule has 1 saturated heterocycles. The smallest absolute Gasteiger partial charge is 0.199 e. The lowest BCUT2D eigenvalue weighted by Crippen LogP contribution is -2.25. The van der Waals surface area contributed by atoms with Crippen LogP contribution in [-0.4, -0.2) is 39.5 Å². The second-order valence-corrected chi connectivity index (χ2v) is 5.71. The molecule has 1 N–H and O–H groups in total. The SMILES string of the molecule is Oc1c2ccccc2cn1CCN1CC[C@H](S)C1. The highest BCUT2D eigenvalue weighted by atomic mass is 32.1. The lowest BCUT2D eigenvalue weighted by Gasteiger charge is -2.15. The molecule has 3 rings (SSSR count). The van der Waals surface area contributed by atoms with Crippen molar-refractivity contribution >= 4 is 23.4 Å². The molecule has 0 unspecified atom stereocenters. The summed E-state index contributed by atoms with van der Waals surface area (Å²) in [6.45, 7) is 3.99. The first-order valence-corrected chi connectivity index (χ1v) is 6.93. The Morgan fingerprint density at radius 2 is 2.11 bits per heavy atom. The van der Waals surface area contributed by atoms with Crippen LogP contribution in [0.4, 0.5) is 0 Å². The monoisotopic (exact) mass is 262 g/mol. The minimum absolute atomic E-state index is 0.382. The fourth-order valence-electron chi connectivity index (χ4n) is 2.63. The van der Waals surface area contributed by atoms with Crippen molar-refractivity contribution < 1.29 is 5.11 Å². The minimum Gasteiger partial charge on any atom is -0.494 e. The van der Waals surface area contributed by atoms with E-state index in [9.17, 15) is 5.11 Å². The Kier molecular flexibility index (Phi) is 3.22. The van der Waals surface area contributed by atoms with Gasteiger partial charge in [-0.25, -0.2) is 0 Å². The zero-order valence-electron chi connectivity index (χ0n) is 10.3. The largest absolute Gasteiger partial charge is 0.494 e. The molecule has 1 aliphatic rings. The molecule has 1 fully saturated rings. The van der Waals surface area contributed by atoms with Crippen molar-refractivity contribution in [1.29, 1.82) is 0 Å². The number of aromatic nitrogens is 1. The van der Waals surface area contributed by atoms with Gasteiger partial charge in [0.2, 0.25) is 0 Å². The first kappa shape index (κ1) is 11.9. The zero-order chi connectivity index (χ0) is 12.5. The van der Waals surface area contributed by atoms with Crippen molar-refractivity contribution in [1.82, 2.24) is 9.47 Å². The van der Waals surface area contributed by atoms with E-state index < -0.39 is 0 Å². The normalized spacial score (nSPS) is 20.8. The van der Waals surface area contributed by atoms with Crippen LogP contribution in [0.1, 0.15) is 6.42 Å². The molecule has 2 heterocycles. The summed E-state index contributed by atoms with van der Waals surface area (Å²) in [5.41, 5.74) is 0. The predicted octanol–water partition coefficient (Wildman–Crippen LogP) is 2.35. The van der Waals surface area contributed by atoms with Crippen LogP contribution in [-0.2, 0) is 6.54 Å². The summed E-state index contributed by atoms with van der Waals surface area (Å²) in [6.07, 6.45) is 3.20. The number of hydrogen-bond donors (Lipinski definition) is 2. The van der Waals surface area contributed by atoms with Crippen LogP contribution >= 0.6 is 12.6 Å². The van der Waals surface area contributed by atoms with E-state index in [0.717, 1.165) is 37.0 Å². The number of aromatic hydroxyl groups is 1. The third-order valence-electron chi connectivity index (χ3n) is 3.67. The number of rotatable bonds is 3. The van der Waals surface area contributed by atoms with Crippen molar-refractivity contribution in [2.45, 2.75) is 18.2 Å². The maximum atomic E-state index is 10.1. The van der Waals surface area contributed by atoms with Crippen molar-refractivity contribution in [2.75, 3.05) is 19.6 Å². The van der Waals surface area contributed by atoms with Gasteiger partial charge < -0.3 is 14.6 Å². The summed E-state index contributed by atoms with van der Waals surface area (Å²) in [6, 6.07) is 7.95. The van der Waals surface area contributed by atoms with Crippen LogP contribution in [0.15, 0.2) is 30.5 Å². The minimum atomic E-state index is 0.382. The number of thiol groups is 1. The average Bonchev–Trinajstić information content (AvgIpc) is 2.92. The summed E-state index contributed by atoms with van der Waals surface area (Å²) in [4.78, 5) is 2.40. The first-order valence-electron chi connectivity index (χ1n) is 6.41. The van der Waals surface area contributed by atoms with Crippen molar-refractivity contribution in [3.8, 4) is 5.88 Å². The van der Waals surface area contributed by atoms with E-state index in [1.54, 1.807) is 0 Å². The Bertz CT molecular complexity index is 552. The molecule has 0 aliphatic carbocycles. The molecule has 0 radical (unpaired) electrons. The maximum Gasteiger partial charge on any atom is 0.199 e. The Labute approximate surface area is 112 Å². The van der Waals surface area contributed by atoms with Gasteiger partial charge in [0, 0.05) is 41.9 Å². The molecule has 0 saturated carbocycles. The number of benzene rings is 1. The Balaban J connectivity index is 1.73. The highest BCUT2D eigenvalue weighted by Gasteiger charge is 2.19. The van der Waals surface area contributed by atoms with Crippen LogP contribution in [0.2, 0.25) is 0 Å². The number of nitrogens with zero attached hydrogens (tertiary/aromatic N) is 2. The van der Waals surface area contributed by atoms with Crippen molar-refractivity contribution in [3.05, 3.63) is 30.5 Å². The third-order valence-corrected chi connectivity index (χ3v) is 4.09. The average molecular weight is 262 g/mol. The Hall–Kier alpha value is -1.13. The Morgan fingerprint density at radius 1 is 1.28 bits per heavy atom. The van der Waals surface area contributed by atoms with E-state index in [0.29, 0.717) is 11.1 Å². The number of hydrogen-bond acceptors (Lipinski definition) is 3. The fourth-order valence-corrected chi connectivity index (χ4v) is 2.98. The topological polar surface area (TPSA) is 28.4 Å². The lowest BCUT2D eigenvalue weighted by atomic mass is 10.2. The van der Waals surface area contributed by atoms with Gasteiger partial charge in [-0.05, 0) is 19.0 Å². The maximum absolute atomic E-state index is 10.1. The van der Waals surface area contributed by atoms with Crippen LogP contribution in [0.3, 0.4) is 0 Å². The Morgan fingerprint density at radius 3 is 2.83 bits per heavy atom. The second-order valence-electron chi connectivity index (χ2n) is 4.98. The molecule has 4 heteroatoms. The molecular formula is C14H18N2OS. The van der Waals surface area contributed by atoms with Gasteiger partial charge >= 0.3 is 0 Å². The molecule has 1 aliphatic heterocycles. The van der Waals surface area contributed by atoms with E-state index >= 15 is 0 Å². The molecule has 96 valence electrons. The molecule has 3 nitrogen and oxygen atoms in total.